The Morgan fingerprint density at radius 2 is 2.09 bits per heavy atom. The highest BCUT2D eigenvalue weighted by atomic mass is 19.1. The molecule has 3 nitrogen and oxygen atoms in total. The standard InChI is InChI=1S/C18H21FN2O/c1-4-5-12(2)10-16-13(3)17(8-9-21-16)22-18-7-6-14(20)11-15(18)19/h6-11H,4-5,20H2,1-3H3. The second kappa shape index (κ2) is 7.07. The summed E-state index contributed by atoms with van der Waals surface area (Å²) in [5.41, 5.74) is 8.90. The summed E-state index contributed by atoms with van der Waals surface area (Å²) in [5.74, 6) is 0.272. The molecule has 0 amide bonds. The van der Waals surface area contributed by atoms with Gasteiger partial charge in [0.2, 0.25) is 0 Å². The van der Waals surface area contributed by atoms with Crippen LogP contribution in [0, 0.1) is 12.7 Å². The topological polar surface area (TPSA) is 48.1 Å². The van der Waals surface area contributed by atoms with Crippen LogP contribution in [0.4, 0.5) is 10.1 Å². The van der Waals surface area contributed by atoms with E-state index in [1.165, 1.54) is 17.7 Å². The van der Waals surface area contributed by atoms with Crippen molar-refractivity contribution in [3.8, 4) is 11.5 Å². The van der Waals surface area contributed by atoms with Crippen LogP contribution in [0.2, 0.25) is 0 Å². The number of ether oxygens (including phenoxy) is 1. The number of anilines is 1. The van der Waals surface area contributed by atoms with Gasteiger partial charge >= 0.3 is 0 Å². The fourth-order valence-corrected chi connectivity index (χ4v) is 2.21. The summed E-state index contributed by atoms with van der Waals surface area (Å²) in [5, 5.41) is 0. The van der Waals surface area contributed by atoms with E-state index in [4.69, 9.17) is 10.5 Å². The summed E-state index contributed by atoms with van der Waals surface area (Å²) < 4.78 is 19.5. The third kappa shape index (κ3) is 3.85. The Kier molecular flexibility index (Phi) is 5.15. The predicted octanol–water partition coefficient (Wildman–Crippen LogP) is 5.11. The molecule has 1 heterocycles. The van der Waals surface area contributed by atoms with E-state index in [1.54, 1.807) is 18.3 Å². The summed E-state index contributed by atoms with van der Waals surface area (Å²) >= 11 is 0. The summed E-state index contributed by atoms with van der Waals surface area (Å²) in [6.07, 6.45) is 5.83. The number of nitrogens with zero attached hydrogens (tertiary/aromatic N) is 1. The number of nitrogens with two attached hydrogens (primary N) is 1. The molecule has 1 aromatic carbocycles. The molecule has 2 aromatic rings. The fourth-order valence-electron chi connectivity index (χ4n) is 2.21. The molecule has 0 saturated carbocycles. The number of rotatable bonds is 5. The molecule has 0 spiro atoms. The lowest BCUT2D eigenvalue weighted by Crippen LogP contribution is -1.96. The maximum absolute atomic E-state index is 13.8. The SMILES string of the molecule is CCCC(C)=Cc1nccc(Oc2ccc(N)cc2F)c1C. The van der Waals surface area contributed by atoms with Crippen molar-refractivity contribution < 1.29 is 9.13 Å². The number of pyridine rings is 1. The van der Waals surface area contributed by atoms with Crippen LogP contribution in [0.5, 0.6) is 11.5 Å². The van der Waals surface area contributed by atoms with Crippen LogP contribution in [-0.2, 0) is 0 Å². The molecule has 0 fully saturated rings. The van der Waals surface area contributed by atoms with Gasteiger partial charge in [-0.05, 0) is 44.5 Å². The van der Waals surface area contributed by atoms with Crippen molar-refractivity contribution >= 4 is 11.8 Å². The number of benzene rings is 1. The molecule has 116 valence electrons. The van der Waals surface area contributed by atoms with Crippen LogP contribution in [0.25, 0.3) is 6.08 Å². The van der Waals surface area contributed by atoms with Gasteiger partial charge in [-0.15, -0.1) is 0 Å². The smallest absolute Gasteiger partial charge is 0.167 e. The van der Waals surface area contributed by atoms with E-state index in [-0.39, 0.29) is 5.75 Å². The van der Waals surface area contributed by atoms with E-state index in [0.29, 0.717) is 11.4 Å². The Balaban J connectivity index is 2.31. The maximum Gasteiger partial charge on any atom is 0.167 e. The summed E-state index contributed by atoms with van der Waals surface area (Å²) in [6, 6.07) is 6.12. The molecule has 2 N–H and O–H groups in total. The van der Waals surface area contributed by atoms with E-state index < -0.39 is 5.82 Å². The first-order chi connectivity index (χ1) is 10.5. The van der Waals surface area contributed by atoms with Crippen molar-refractivity contribution in [3.63, 3.8) is 0 Å². The van der Waals surface area contributed by atoms with Crippen molar-refractivity contribution in [1.82, 2.24) is 4.98 Å². The molecular weight excluding hydrogens is 279 g/mol. The molecule has 0 aliphatic rings. The second-order valence-electron chi connectivity index (χ2n) is 5.35. The van der Waals surface area contributed by atoms with Crippen molar-refractivity contribution in [1.29, 1.82) is 0 Å². The number of allylic oxidation sites excluding steroid dienone is 1. The van der Waals surface area contributed by atoms with Gasteiger partial charge in [-0.25, -0.2) is 4.39 Å². The van der Waals surface area contributed by atoms with Crippen LogP contribution in [0.1, 0.15) is 37.9 Å². The summed E-state index contributed by atoms with van der Waals surface area (Å²) in [7, 11) is 0. The Labute approximate surface area is 130 Å². The molecule has 22 heavy (non-hydrogen) atoms. The zero-order chi connectivity index (χ0) is 16.1. The van der Waals surface area contributed by atoms with Crippen LogP contribution >= 0.6 is 0 Å². The normalized spacial score (nSPS) is 11.5. The van der Waals surface area contributed by atoms with Gasteiger partial charge in [0.15, 0.2) is 11.6 Å². The molecular formula is C18H21FN2O. The third-order valence-electron chi connectivity index (χ3n) is 3.40. The molecule has 0 unspecified atom stereocenters. The summed E-state index contributed by atoms with van der Waals surface area (Å²) in [4.78, 5) is 4.37. The zero-order valence-electron chi connectivity index (χ0n) is 13.2. The molecule has 0 aliphatic heterocycles. The number of nitrogen functional groups attached to an aromatic ring is 1. The molecule has 0 bridgehead atoms. The van der Waals surface area contributed by atoms with Crippen LogP contribution in [-0.4, -0.2) is 4.98 Å². The van der Waals surface area contributed by atoms with Crippen LogP contribution in [0.3, 0.4) is 0 Å². The van der Waals surface area contributed by atoms with Crippen LogP contribution in [0.15, 0.2) is 36.0 Å². The molecule has 0 saturated heterocycles. The minimum absolute atomic E-state index is 0.156. The molecule has 2 rings (SSSR count). The average molecular weight is 300 g/mol. The fraction of sp³-hybridized carbons (Fsp3) is 0.278. The van der Waals surface area contributed by atoms with Crippen molar-refractivity contribution in [2.75, 3.05) is 5.73 Å². The van der Waals surface area contributed by atoms with E-state index in [9.17, 15) is 4.39 Å². The quantitative estimate of drug-likeness (QED) is 0.781. The van der Waals surface area contributed by atoms with Gasteiger partial charge < -0.3 is 10.5 Å². The largest absolute Gasteiger partial charge is 0.454 e. The van der Waals surface area contributed by atoms with Crippen molar-refractivity contribution in [2.45, 2.75) is 33.6 Å². The molecule has 1 aromatic heterocycles. The minimum atomic E-state index is -0.476. The third-order valence-corrected chi connectivity index (χ3v) is 3.40. The van der Waals surface area contributed by atoms with Gasteiger partial charge in [0, 0.05) is 23.5 Å². The highest BCUT2D eigenvalue weighted by molar-refractivity contribution is 5.56. The lowest BCUT2D eigenvalue weighted by atomic mass is 10.1. The minimum Gasteiger partial charge on any atom is -0.454 e. The van der Waals surface area contributed by atoms with E-state index >= 15 is 0 Å². The van der Waals surface area contributed by atoms with Gasteiger partial charge in [-0.3, -0.25) is 4.98 Å². The average Bonchev–Trinajstić information content (AvgIpc) is 2.46. The zero-order valence-corrected chi connectivity index (χ0v) is 13.2. The Morgan fingerprint density at radius 1 is 1.32 bits per heavy atom. The van der Waals surface area contributed by atoms with Crippen LogP contribution < -0.4 is 10.5 Å². The maximum atomic E-state index is 13.8. The highest BCUT2D eigenvalue weighted by Crippen LogP contribution is 2.29. The number of hydrogen-bond donors (Lipinski definition) is 1. The van der Waals surface area contributed by atoms with Gasteiger partial charge in [-0.2, -0.15) is 0 Å². The van der Waals surface area contributed by atoms with E-state index in [1.807, 2.05) is 13.0 Å². The number of aromatic nitrogens is 1. The van der Waals surface area contributed by atoms with Gasteiger partial charge in [-0.1, -0.05) is 18.9 Å². The first-order valence-electron chi connectivity index (χ1n) is 7.37. The van der Waals surface area contributed by atoms with E-state index in [2.05, 4.69) is 18.8 Å². The summed E-state index contributed by atoms with van der Waals surface area (Å²) in [6.45, 7) is 6.14. The number of hydrogen-bond acceptors (Lipinski definition) is 3. The Hall–Kier alpha value is -2.36. The van der Waals surface area contributed by atoms with Crippen molar-refractivity contribution in [2.24, 2.45) is 0 Å². The van der Waals surface area contributed by atoms with Gasteiger partial charge in [0.25, 0.3) is 0 Å². The lowest BCUT2D eigenvalue weighted by Gasteiger charge is -2.11. The molecule has 4 heteroatoms. The second-order valence-corrected chi connectivity index (χ2v) is 5.35. The Morgan fingerprint density at radius 3 is 2.77 bits per heavy atom. The van der Waals surface area contributed by atoms with Gasteiger partial charge in [0.05, 0.1) is 5.69 Å². The molecule has 0 aliphatic carbocycles. The monoisotopic (exact) mass is 300 g/mol. The molecule has 0 radical (unpaired) electrons. The Bertz CT molecular complexity index is 695. The van der Waals surface area contributed by atoms with Crippen molar-refractivity contribution in [3.05, 3.63) is 53.1 Å². The predicted molar refractivity (Wildman–Crippen MR) is 88.4 cm³/mol. The lowest BCUT2D eigenvalue weighted by molar-refractivity contribution is 0.439. The highest BCUT2D eigenvalue weighted by Gasteiger charge is 2.09. The van der Waals surface area contributed by atoms with Gasteiger partial charge in [0.1, 0.15) is 5.75 Å². The molecule has 0 atom stereocenters. The number of halogens is 1. The first-order valence-corrected chi connectivity index (χ1v) is 7.37. The first kappa shape index (κ1) is 16.0. The van der Waals surface area contributed by atoms with E-state index in [0.717, 1.165) is 24.1 Å².